The molecule has 0 aliphatic rings. The molecule has 1 aromatic carbocycles. The maximum atomic E-state index is 13.8. The molecule has 0 radical (unpaired) electrons. The van der Waals surface area contributed by atoms with E-state index in [4.69, 9.17) is 5.73 Å². The lowest BCUT2D eigenvalue weighted by molar-refractivity contribution is -0.138. The van der Waals surface area contributed by atoms with Crippen molar-refractivity contribution in [1.82, 2.24) is 0 Å². The van der Waals surface area contributed by atoms with E-state index in [2.05, 4.69) is 6.58 Å². The van der Waals surface area contributed by atoms with Crippen LogP contribution in [0.3, 0.4) is 0 Å². The Labute approximate surface area is 134 Å². The molecule has 1 aromatic rings. The fourth-order valence-corrected chi connectivity index (χ4v) is 1.99. The molecule has 1 atom stereocenters. The lowest BCUT2D eigenvalue weighted by atomic mass is 9.94. The highest BCUT2D eigenvalue weighted by Crippen LogP contribution is 2.37. The van der Waals surface area contributed by atoms with Gasteiger partial charge in [-0.3, -0.25) is 0 Å². The number of hydrogen-bond donors (Lipinski definition) is 1. The number of halogens is 7. The maximum Gasteiger partial charge on any atom is 0.418 e. The van der Waals surface area contributed by atoms with Crippen LogP contribution in [0.25, 0.3) is 0 Å². The van der Waals surface area contributed by atoms with Gasteiger partial charge in [-0.25, -0.2) is 4.39 Å². The molecule has 0 spiro atoms. The summed E-state index contributed by atoms with van der Waals surface area (Å²) in [6, 6.07) is 2.74. The van der Waals surface area contributed by atoms with Crippen LogP contribution >= 0.6 is 0 Å². The Hall–Kier alpha value is -2.09. The van der Waals surface area contributed by atoms with E-state index in [0.29, 0.717) is 12.2 Å². The van der Waals surface area contributed by atoms with E-state index in [-0.39, 0.29) is 0 Å². The van der Waals surface area contributed by atoms with E-state index >= 15 is 0 Å². The molecule has 1 rings (SSSR count). The van der Waals surface area contributed by atoms with Crippen molar-refractivity contribution in [3.63, 3.8) is 0 Å². The molecule has 0 bridgehead atoms. The first kappa shape index (κ1) is 20.0. The number of nitrogens with two attached hydrogens (primary N) is 1. The van der Waals surface area contributed by atoms with Gasteiger partial charge in [0.1, 0.15) is 5.83 Å². The van der Waals surface area contributed by atoms with Gasteiger partial charge >= 0.3 is 12.4 Å². The van der Waals surface area contributed by atoms with Crippen LogP contribution in [0, 0.1) is 0 Å². The summed E-state index contributed by atoms with van der Waals surface area (Å²) in [6.07, 6.45) is -8.75. The number of alkyl halides is 6. The van der Waals surface area contributed by atoms with Gasteiger partial charge in [0.05, 0.1) is 17.2 Å². The van der Waals surface area contributed by atoms with Gasteiger partial charge in [0.2, 0.25) is 0 Å². The quantitative estimate of drug-likeness (QED) is 0.551. The highest BCUT2D eigenvalue weighted by atomic mass is 19.4. The van der Waals surface area contributed by atoms with Crippen LogP contribution in [0.1, 0.15) is 24.1 Å². The Bertz CT molecular complexity index is 666. The van der Waals surface area contributed by atoms with E-state index in [0.717, 1.165) is 25.1 Å². The number of rotatable bonds is 4. The van der Waals surface area contributed by atoms with E-state index < -0.39 is 46.5 Å². The van der Waals surface area contributed by atoms with E-state index in [9.17, 15) is 30.7 Å². The monoisotopic (exact) mass is 353 g/mol. The molecule has 0 fully saturated rings. The molecule has 0 heterocycles. The zero-order valence-corrected chi connectivity index (χ0v) is 12.5. The van der Waals surface area contributed by atoms with Crippen LogP contribution in [0.4, 0.5) is 30.7 Å². The lowest BCUT2D eigenvalue weighted by Crippen LogP contribution is -2.19. The standard InChI is InChI=1S/C16H14F7N/c1-3-11(15(18,19)20)13(17)8-9(2)14(24)10-6-4-5-7-12(10)16(21,22)23/h3-8,14H,2,24H2,1H3/b11-3+,13-8+/t14-/m0/s1. The topological polar surface area (TPSA) is 26.0 Å². The van der Waals surface area contributed by atoms with Crippen molar-refractivity contribution >= 4 is 0 Å². The molecule has 24 heavy (non-hydrogen) atoms. The number of allylic oxidation sites excluding steroid dienone is 3. The molecule has 0 amide bonds. The molecule has 0 saturated heterocycles. The highest BCUT2D eigenvalue weighted by molar-refractivity contribution is 5.42. The first-order valence-corrected chi connectivity index (χ1v) is 6.61. The Kier molecular flexibility index (Phi) is 5.99. The van der Waals surface area contributed by atoms with Crippen LogP contribution in [0.2, 0.25) is 0 Å². The maximum absolute atomic E-state index is 13.8. The molecule has 2 N–H and O–H groups in total. The van der Waals surface area contributed by atoms with Gasteiger partial charge in [-0.05, 0) is 30.2 Å². The second kappa shape index (κ2) is 7.21. The van der Waals surface area contributed by atoms with Gasteiger partial charge in [0.25, 0.3) is 0 Å². The van der Waals surface area contributed by atoms with Gasteiger partial charge in [0.15, 0.2) is 0 Å². The minimum Gasteiger partial charge on any atom is -0.320 e. The van der Waals surface area contributed by atoms with Crippen LogP contribution in [-0.2, 0) is 6.18 Å². The highest BCUT2D eigenvalue weighted by Gasteiger charge is 2.37. The summed E-state index contributed by atoms with van der Waals surface area (Å²) in [5.74, 6) is -1.67. The van der Waals surface area contributed by atoms with Crippen LogP contribution in [-0.4, -0.2) is 6.18 Å². The summed E-state index contributed by atoms with van der Waals surface area (Å²) in [4.78, 5) is 0. The van der Waals surface area contributed by atoms with Crippen LogP contribution in [0.15, 0.2) is 60.0 Å². The van der Waals surface area contributed by atoms with E-state index in [1.54, 1.807) is 0 Å². The van der Waals surface area contributed by atoms with Crippen molar-refractivity contribution < 1.29 is 30.7 Å². The Morgan fingerprint density at radius 2 is 1.67 bits per heavy atom. The summed E-state index contributed by atoms with van der Waals surface area (Å²) in [6.45, 7) is 4.27. The van der Waals surface area contributed by atoms with Gasteiger partial charge in [0, 0.05) is 0 Å². The van der Waals surface area contributed by atoms with Crippen molar-refractivity contribution in [3.8, 4) is 0 Å². The van der Waals surface area contributed by atoms with E-state index in [1.165, 1.54) is 6.07 Å². The second-order valence-corrected chi connectivity index (χ2v) is 4.83. The van der Waals surface area contributed by atoms with Gasteiger partial charge < -0.3 is 5.73 Å². The molecule has 0 unspecified atom stereocenters. The van der Waals surface area contributed by atoms with Gasteiger partial charge in [-0.15, -0.1) is 0 Å². The average Bonchev–Trinajstić information content (AvgIpc) is 2.44. The number of benzene rings is 1. The predicted octanol–water partition coefficient (Wildman–Crippen LogP) is 5.62. The molecule has 0 aliphatic heterocycles. The predicted molar refractivity (Wildman–Crippen MR) is 76.5 cm³/mol. The Morgan fingerprint density at radius 3 is 2.12 bits per heavy atom. The third kappa shape index (κ3) is 4.70. The smallest absolute Gasteiger partial charge is 0.320 e. The molecule has 0 aliphatic carbocycles. The molecule has 1 nitrogen and oxygen atoms in total. The van der Waals surface area contributed by atoms with Crippen LogP contribution < -0.4 is 5.73 Å². The zero-order valence-electron chi connectivity index (χ0n) is 12.5. The van der Waals surface area contributed by atoms with Crippen molar-refractivity contribution in [2.45, 2.75) is 25.3 Å². The fraction of sp³-hybridized carbons (Fsp3) is 0.250. The molecular formula is C16H14F7N. The normalized spacial score (nSPS) is 15.4. The lowest BCUT2D eigenvalue weighted by Gasteiger charge is -2.19. The van der Waals surface area contributed by atoms with Gasteiger partial charge in [-0.1, -0.05) is 30.9 Å². The van der Waals surface area contributed by atoms with Gasteiger partial charge in [-0.2, -0.15) is 26.3 Å². The third-order valence-corrected chi connectivity index (χ3v) is 3.16. The fourth-order valence-electron chi connectivity index (χ4n) is 1.99. The minimum absolute atomic E-state index is 0.390. The SMILES string of the molecule is C=C(/C=C(F)\C(=C/C)C(F)(F)F)[C@H](N)c1ccccc1C(F)(F)F. The van der Waals surface area contributed by atoms with Crippen molar-refractivity contribution in [2.24, 2.45) is 5.73 Å². The van der Waals surface area contributed by atoms with Crippen LogP contribution in [0.5, 0.6) is 0 Å². The third-order valence-electron chi connectivity index (χ3n) is 3.16. The number of hydrogen-bond acceptors (Lipinski definition) is 1. The Morgan fingerprint density at radius 1 is 1.12 bits per heavy atom. The summed E-state index contributed by atoms with van der Waals surface area (Å²) in [5.41, 5.74) is 2.17. The molecule has 0 saturated carbocycles. The summed E-state index contributed by atoms with van der Waals surface area (Å²) < 4.78 is 90.4. The average molecular weight is 353 g/mol. The Balaban J connectivity index is 3.21. The molecular weight excluding hydrogens is 339 g/mol. The minimum atomic E-state index is -4.94. The summed E-state index contributed by atoms with van der Waals surface area (Å²) in [7, 11) is 0. The molecule has 8 heteroatoms. The summed E-state index contributed by atoms with van der Waals surface area (Å²) in [5, 5.41) is 0. The largest absolute Gasteiger partial charge is 0.418 e. The molecule has 0 aromatic heterocycles. The zero-order chi connectivity index (χ0) is 18.7. The summed E-state index contributed by atoms with van der Waals surface area (Å²) >= 11 is 0. The van der Waals surface area contributed by atoms with Crippen molar-refractivity contribution in [3.05, 3.63) is 71.1 Å². The van der Waals surface area contributed by atoms with Crippen molar-refractivity contribution in [1.29, 1.82) is 0 Å². The second-order valence-electron chi connectivity index (χ2n) is 4.83. The van der Waals surface area contributed by atoms with Crippen molar-refractivity contribution in [2.75, 3.05) is 0 Å². The first-order valence-electron chi connectivity index (χ1n) is 6.61. The molecule has 132 valence electrons. The first-order chi connectivity index (χ1) is 10.9. The van der Waals surface area contributed by atoms with E-state index in [1.807, 2.05) is 0 Å².